The van der Waals surface area contributed by atoms with E-state index >= 15 is 0 Å². The van der Waals surface area contributed by atoms with Crippen LogP contribution in [0.15, 0.2) is 24.3 Å². The number of ether oxygens (including phenoxy) is 1. The van der Waals surface area contributed by atoms with Crippen LogP contribution in [-0.2, 0) is 4.79 Å². The zero-order chi connectivity index (χ0) is 15.7. The summed E-state index contributed by atoms with van der Waals surface area (Å²) in [7, 11) is 1.60. The van der Waals surface area contributed by atoms with Gasteiger partial charge in [-0.25, -0.2) is 0 Å². The number of carbonyl (C=O) groups excluding carboxylic acids is 1. The van der Waals surface area contributed by atoms with Crippen molar-refractivity contribution >= 4 is 5.91 Å². The van der Waals surface area contributed by atoms with Gasteiger partial charge in [-0.05, 0) is 30.5 Å². The van der Waals surface area contributed by atoms with E-state index in [4.69, 9.17) is 4.74 Å². The molecule has 1 atom stereocenters. The van der Waals surface area contributed by atoms with Gasteiger partial charge in [0.15, 0.2) is 0 Å². The molecule has 0 fully saturated rings. The molecule has 0 aliphatic heterocycles. The molecule has 1 aromatic carbocycles. The molecule has 1 rings (SSSR count). The maximum atomic E-state index is 12.3. The highest BCUT2D eigenvalue weighted by molar-refractivity contribution is 5.77. The Bertz CT molecular complexity index is 471. The van der Waals surface area contributed by atoms with Crippen LogP contribution >= 0.6 is 0 Å². The highest BCUT2D eigenvalue weighted by Crippen LogP contribution is 2.22. The number of amides is 1. The van der Waals surface area contributed by atoms with Crippen molar-refractivity contribution in [1.82, 2.24) is 4.90 Å². The van der Waals surface area contributed by atoms with Crippen LogP contribution in [0.1, 0.15) is 44.6 Å². The Morgan fingerprint density at radius 2 is 1.81 bits per heavy atom. The van der Waals surface area contributed by atoms with Gasteiger partial charge >= 0.3 is 0 Å². The molecule has 0 saturated heterocycles. The average molecular weight is 288 g/mol. The lowest BCUT2D eigenvalue weighted by Gasteiger charge is -2.22. The number of rotatable bonds is 8. The van der Waals surface area contributed by atoms with E-state index in [2.05, 4.69) is 19.9 Å². The van der Waals surface area contributed by atoms with Crippen LogP contribution < -0.4 is 4.74 Å². The molecule has 4 nitrogen and oxygen atoms in total. The second-order valence-electron chi connectivity index (χ2n) is 5.04. The van der Waals surface area contributed by atoms with Gasteiger partial charge in [0.05, 0.1) is 19.1 Å². The van der Waals surface area contributed by atoms with E-state index in [0.717, 1.165) is 37.2 Å². The van der Waals surface area contributed by atoms with Crippen LogP contribution in [0, 0.1) is 11.3 Å². The zero-order valence-electron chi connectivity index (χ0n) is 13.1. The first-order valence-electron chi connectivity index (χ1n) is 7.47. The summed E-state index contributed by atoms with van der Waals surface area (Å²) in [4.78, 5) is 14.2. The van der Waals surface area contributed by atoms with E-state index in [1.165, 1.54) is 0 Å². The number of nitriles is 1. The lowest BCUT2D eigenvalue weighted by Crippen LogP contribution is -2.33. The maximum Gasteiger partial charge on any atom is 0.224 e. The molecule has 0 saturated carbocycles. The molecule has 0 aliphatic carbocycles. The van der Waals surface area contributed by atoms with E-state index in [0.29, 0.717) is 0 Å². The number of hydrogen-bond donors (Lipinski definition) is 0. The van der Waals surface area contributed by atoms with Crippen LogP contribution in [-0.4, -0.2) is 31.0 Å². The molecular weight excluding hydrogens is 264 g/mol. The molecule has 21 heavy (non-hydrogen) atoms. The molecule has 1 aromatic rings. The molecule has 4 heteroatoms. The fraction of sp³-hybridized carbons (Fsp3) is 0.529. The van der Waals surface area contributed by atoms with Gasteiger partial charge in [0.2, 0.25) is 5.91 Å². The molecule has 0 heterocycles. The van der Waals surface area contributed by atoms with Crippen molar-refractivity contribution in [1.29, 1.82) is 5.26 Å². The standard InChI is InChI=1S/C17H24N2O2/c1-4-10-19(11-5-2)17(20)12-15(13-18)14-6-8-16(21-3)9-7-14/h6-9,15H,4-5,10-12H2,1-3H3. The van der Waals surface area contributed by atoms with Gasteiger partial charge in [0.1, 0.15) is 5.75 Å². The van der Waals surface area contributed by atoms with Gasteiger partial charge in [0.25, 0.3) is 0 Å². The summed E-state index contributed by atoms with van der Waals surface area (Å²) in [5.41, 5.74) is 0.861. The largest absolute Gasteiger partial charge is 0.497 e. The number of carbonyl (C=O) groups is 1. The van der Waals surface area contributed by atoms with E-state index < -0.39 is 5.92 Å². The van der Waals surface area contributed by atoms with E-state index in [-0.39, 0.29) is 12.3 Å². The summed E-state index contributed by atoms with van der Waals surface area (Å²) >= 11 is 0. The smallest absolute Gasteiger partial charge is 0.224 e. The number of nitrogens with zero attached hydrogens (tertiary/aromatic N) is 2. The van der Waals surface area contributed by atoms with Gasteiger partial charge in [-0.3, -0.25) is 4.79 Å². The Hall–Kier alpha value is -2.02. The van der Waals surface area contributed by atoms with E-state index in [1.807, 2.05) is 29.2 Å². The van der Waals surface area contributed by atoms with Crippen LogP contribution in [0.3, 0.4) is 0 Å². The van der Waals surface area contributed by atoms with Gasteiger partial charge < -0.3 is 9.64 Å². The predicted molar refractivity (Wildman–Crippen MR) is 83.1 cm³/mol. The Kier molecular flexibility index (Phi) is 7.31. The molecule has 1 unspecified atom stereocenters. The Morgan fingerprint density at radius 3 is 2.24 bits per heavy atom. The van der Waals surface area contributed by atoms with Crippen LogP contribution in [0.5, 0.6) is 5.75 Å². The van der Waals surface area contributed by atoms with Gasteiger partial charge in [-0.2, -0.15) is 5.26 Å². The third-order valence-corrected chi connectivity index (χ3v) is 3.39. The second-order valence-corrected chi connectivity index (χ2v) is 5.04. The first kappa shape index (κ1) is 17.0. The van der Waals surface area contributed by atoms with Crippen molar-refractivity contribution < 1.29 is 9.53 Å². The van der Waals surface area contributed by atoms with Crippen molar-refractivity contribution in [2.45, 2.75) is 39.0 Å². The zero-order valence-corrected chi connectivity index (χ0v) is 13.1. The highest BCUT2D eigenvalue weighted by atomic mass is 16.5. The summed E-state index contributed by atoms with van der Waals surface area (Å²) < 4.78 is 5.11. The van der Waals surface area contributed by atoms with Crippen molar-refractivity contribution in [3.05, 3.63) is 29.8 Å². The lowest BCUT2D eigenvalue weighted by atomic mass is 9.96. The van der Waals surface area contributed by atoms with Crippen LogP contribution in [0.2, 0.25) is 0 Å². The number of benzene rings is 1. The summed E-state index contributed by atoms with van der Waals surface area (Å²) in [6, 6.07) is 9.58. The number of hydrogen-bond acceptors (Lipinski definition) is 3. The van der Waals surface area contributed by atoms with Crippen molar-refractivity contribution in [3.8, 4) is 11.8 Å². The molecular formula is C17H24N2O2. The fourth-order valence-electron chi connectivity index (χ4n) is 2.28. The number of methoxy groups -OCH3 is 1. The Balaban J connectivity index is 2.75. The van der Waals surface area contributed by atoms with Crippen molar-refractivity contribution in [3.63, 3.8) is 0 Å². The minimum absolute atomic E-state index is 0.0565. The predicted octanol–water partition coefficient (Wildman–Crippen LogP) is 3.34. The SMILES string of the molecule is CCCN(CCC)C(=O)CC(C#N)c1ccc(OC)cc1. The molecule has 0 aromatic heterocycles. The summed E-state index contributed by atoms with van der Waals surface area (Å²) in [6.07, 6.45) is 2.11. The van der Waals surface area contributed by atoms with Crippen molar-refractivity contribution in [2.75, 3.05) is 20.2 Å². The third kappa shape index (κ3) is 5.11. The van der Waals surface area contributed by atoms with E-state index in [1.54, 1.807) is 7.11 Å². The van der Waals surface area contributed by atoms with E-state index in [9.17, 15) is 10.1 Å². The van der Waals surface area contributed by atoms with Gasteiger partial charge in [0, 0.05) is 19.5 Å². The average Bonchev–Trinajstić information content (AvgIpc) is 2.52. The van der Waals surface area contributed by atoms with Crippen LogP contribution in [0.25, 0.3) is 0 Å². The molecule has 0 bridgehead atoms. The first-order valence-corrected chi connectivity index (χ1v) is 7.47. The summed E-state index contributed by atoms with van der Waals surface area (Å²) in [6.45, 7) is 5.63. The molecule has 0 radical (unpaired) electrons. The minimum atomic E-state index is -0.403. The summed E-state index contributed by atoms with van der Waals surface area (Å²) in [5, 5.41) is 9.34. The third-order valence-electron chi connectivity index (χ3n) is 3.39. The Labute approximate surface area is 127 Å². The molecule has 0 spiro atoms. The Morgan fingerprint density at radius 1 is 1.24 bits per heavy atom. The first-order chi connectivity index (χ1) is 10.2. The molecule has 0 N–H and O–H groups in total. The lowest BCUT2D eigenvalue weighted by molar-refractivity contribution is -0.131. The quantitative estimate of drug-likeness (QED) is 0.737. The van der Waals surface area contributed by atoms with Crippen LogP contribution in [0.4, 0.5) is 0 Å². The monoisotopic (exact) mass is 288 g/mol. The minimum Gasteiger partial charge on any atom is -0.497 e. The fourth-order valence-corrected chi connectivity index (χ4v) is 2.28. The topological polar surface area (TPSA) is 53.3 Å². The molecule has 114 valence electrons. The second kappa shape index (κ2) is 9.02. The molecule has 0 aliphatic rings. The summed E-state index contributed by atoms with van der Waals surface area (Å²) in [5.74, 6) is 0.404. The van der Waals surface area contributed by atoms with Gasteiger partial charge in [-0.1, -0.05) is 26.0 Å². The highest BCUT2D eigenvalue weighted by Gasteiger charge is 2.19. The molecule has 1 amide bonds. The normalized spacial score (nSPS) is 11.5. The maximum absolute atomic E-state index is 12.3. The van der Waals surface area contributed by atoms with Gasteiger partial charge in [-0.15, -0.1) is 0 Å². The van der Waals surface area contributed by atoms with Crippen molar-refractivity contribution in [2.24, 2.45) is 0 Å².